The van der Waals surface area contributed by atoms with Crippen molar-refractivity contribution in [3.05, 3.63) is 92.5 Å². The molecule has 0 radical (unpaired) electrons. The Balaban J connectivity index is 0.000000244. The van der Waals surface area contributed by atoms with Crippen molar-refractivity contribution in [3.8, 4) is 0 Å². The van der Waals surface area contributed by atoms with Gasteiger partial charge in [-0.3, -0.25) is 10.1 Å². The van der Waals surface area contributed by atoms with Gasteiger partial charge in [-0.1, -0.05) is 35.3 Å². The third-order valence-electron chi connectivity index (χ3n) is 3.26. The second-order valence-electron chi connectivity index (χ2n) is 5.19. The van der Waals surface area contributed by atoms with Gasteiger partial charge in [0.25, 0.3) is 5.69 Å². The highest BCUT2D eigenvalue weighted by Gasteiger charge is 2.13. The van der Waals surface area contributed by atoms with Crippen LogP contribution in [-0.2, 0) is 0 Å². The van der Waals surface area contributed by atoms with Crippen molar-refractivity contribution in [2.24, 2.45) is 0 Å². The van der Waals surface area contributed by atoms with Crippen LogP contribution in [0.2, 0.25) is 10.0 Å². The molecule has 0 aliphatic rings. The Labute approximate surface area is 163 Å². The number of nitrogen functional groups attached to an aromatic ring is 1. The molecule has 27 heavy (non-hydrogen) atoms. The number of benzene rings is 3. The van der Waals surface area contributed by atoms with Crippen molar-refractivity contribution in [1.29, 1.82) is 0 Å². The molecule has 0 fully saturated rings. The van der Waals surface area contributed by atoms with E-state index in [0.717, 1.165) is 6.07 Å². The Hall–Kier alpha value is -2.90. The minimum atomic E-state index is -0.500. The van der Waals surface area contributed by atoms with Crippen LogP contribution in [0.3, 0.4) is 0 Å². The molecule has 0 heterocycles. The van der Waals surface area contributed by atoms with Gasteiger partial charge in [0.1, 0.15) is 17.3 Å². The Morgan fingerprint density at radius 1 is 0.889 bits per heavy atom. The highest BCUT2D eigenvalue weighted by Crippen LogP contribution is 2.31. The molecule has 0 aromatic heterocycles. The van der Waals surface area contributed by atoms with E-state index >= 15 is 0 Å². The fourth-order valence-electron chi connectivity index (χ4n) is 1.98. The molecule has 3 aromatic carbocycles. The Morgan fingerprint density at radius 3 is 2.04 bits per heavy atom. The SMILES string of the molecule is Nc1ccc(F)cc1Cl.O=[N+]([O-])c1ccccc1Nc1ccc(F)cc1Cl. The van der Waals surface area contributed by atoms with Crippen LogP contribution in [0.5, 0.6) is 0 Å². The monoisotopic (exact) mass is 411 g/mol. The lowest BCUT2D eigenvalue weighted by atomic mass is 10.2. The van der Waals surface area contributed by atoms with Gasteiger partial charge in [0, 0.05) is 6.07 Å². The number of nitrogens with one attached hydrogen (secondary N) is 1. The number of para-hydroxylation sites is 2. The van der Waals surface area contributed by atoms with Crippen LogP contribution in [0.25, 0.3) is 0 Å². The molecule has 0 bridgehead atoms. The zero-order chi connectivity index (χ0) is 20.0. The second-order valence-corrected chi connectivity index (χ2v) is 6.00. The van der Waals surface area contributed by atoms with Gasteiger partial charge in [-0.25, -0.2) is 8.78 Å². The molecule has 9 heteroatoms. The molecule has 0 saturated carbocycles. The summed E-state index contributed by atoms with van der Waals surface area (Å²) in [6, 6.07) is 13.8. The molecular weight excluding hydrogens is 399 g/mol. The smallest absolute Gasteiger partial charge is 0.292 e. The predicted octanol–water partition coefficient (Wildman–Crippen LogP) is 6.19. The minimum absolute atomic E-state index is 0.0714. The molecule has 0 aliphatic heterocycles. The Morgan fingerprint density at radius 2 is 1.48 bits per heavy atom. The van der Waals surface area contributed by atoms with Crippen LogP contribution in [0.15, 0.2) is 60.7 Å². The highest BCUT2D eigenvalue weighted by atomic mass is 35.5. The quantitative estimate of drug-likeness (QED) is 0.305. The van der Waals surface area contributed by atoms with Crippen LogP contribution < -0.4 is 11.1 Å². The zero-order valence-electron chi connectivity index (χ0n) is 13.6. The maximum atomic E-state index is 12.9. The summed E-state index contributed by atoms with van der Waals surface area (Å²) in [5, 5.41) is 14.1. The first-order chi connectivity index (χ1) is 12.8. The van der Waals surface area contributed by atoms with Crippen LogP contribution in [0.4, 0.5) is 31.5 Å². The molecule has 3 rings (SSSR count). The van der Waals surface area contributed by atoms with Crippen LogP contribution in [0.1, 0.15) is 0 Å². The van der Waals surface area contributed by atoms with Crippen LogP contribution in [0, 0.1) is 21.7 Å². The number of anilines is 3. The Kier molecular flexibility index (Phi) is 6.92. The molecule has 0 spiro atoms. The second kappa shape index (κ2) is 9.16. The lowest BCUT2D eigenvalue weighted by Gasteiger charge is -2.08. The van der Waals surface area contributed by atoms with Crippen molar-refractivity contribution in [2.45, 2.75) is 0 Å². The first-order valence-electron chi connectivity index (χ1n) is 7.44. The summed E-state index contributed by atoms with van der Waals surface area (Å²) >= 11 is 11.3. The van der Waals surface area contributed by atoms with Gasteiger partial charge in [0.15, 0.2) is 0 Å². The zero-order valence-corrected chi connectivity index (χ0v) is 15.1. The number of nitrogens with two attached hydrogens (primary N) is 1. The summed E-state index contributed by atoms with van der Waals surface area (Å²) in [5.74, 6) is -0.831. The maximum Gasteiger partial charge on any atom is 0.292 e. The lowest BCUT2D eigenvalue weighted by Crippen LogP contribution is -1.97. The van der Waals surface area contributed by atoms with Crippen molar-refractivity contribution >= 4 is 46.0 Å². The van der Waals surface area contributed by atoms with E-state index in [-0.39, 0.29) is 21.5 Å². The van der Waals surface area contributed by atoms with E-state index in [1.165, 1.54) is 36.4 Å². The topological polar surface area (TPSA) is 81.2 Å². The van der Waals surface area contributed by atoms with Gasteiger partial charge in [0.2, 0.25) is 0 Å². The number of rotatable bonds is 3. The van der Waals surface area contributed by atoms with Crippen molar-refractivity contribution in [2.75, 3.05) is 11.1 Å². The van der Waals surface area contributed by atoms with Crippen molar-refractivity contribution in [3.63, 3.8) is 0 Å². The van der Waals surface area contributed by atoms with Crippen LogP contribution in [-0.4, -0.2) is 4.92 Å². The first kappa shape index (κ1) is 20.4. The van der Waals surface area contributed by atoms with Crippen molar-refractivity contribution < 1.29 is 13.7 Å². The van der Waals surface area contributed by atoms with E-state index in [0.29, 0.717) is 17.1 Å². The molecule has 0 atom stereocenters. The van der Waals surface area contributed by atoms with Crippen LogP contribution >= 0.6 is 23.2 Å². The fourth-order valence-corrected chi connectivity index (χ4v) is 2.36. The van der Waals surface area contributed by atoms with Gasteiger partial charge < -0.3 is 11.1 Å². The van der Waals surface area contributed by atoms with E-state index in [9.17, 15) is 18.9 Å². The fraction of sp³-hybridized carbons (Fsp3) is 0. The summed E-state index contributed by atoms with van der Waals surface area (Å²) in [7, 11) is 0. The molecular formula is C18H13Cl2F2N3O2. The number of nitrogens with zero attached hydrogens (tertiary/aromatic N) is 1. The Bertz CT molecular complexity index is 971. The summed E-state index contributed by atoms with van der Waals surface area (Å²) in [5.41, 5.74) is 6.33. The van der Waals surface area contributed by atoms with E-state index in [4.69, 9.17) is 28.9 Å². The van der Waals surface area contributed by atoms with Gasteiger partial charge in [-0.2, -0.15) is 0 Å². The highest BCUT2D eigenvalue weighted by molar-refractivity contribution is 6.33. The predicted molar refractivity (Wildman–Crippen MR) is 104 cm³/mol. The molecule has 5 nitrogen and oxygen atoms in total. The molecule has 0 amide bonds. The summed E-state index contributed by atoms with van der Waals surface area (Å²) in [6.45, 7) is 0. The molecule has 3 aromatic rings. The molecule has 0 saturated heterocycles. The summed E-state index contributed by atoms with van der Waals surface area (Å²) in [6.07, 6.45) is 0. The molecule has 0 unspecified atom stereocenters. The third kappa shape index (κ3) is 5.80. The van der Waals surface area contributed by atoms with Gasteiger partial charge >= 0.3 is 0 Å². The lowest BCUT2D eigenvalue weighted by molar-refractivity contribution is -0.383. The van der Waals surface area contributed by atoms with Gasteiger partial charge in [0.05, 0.1) is 26.3 Å². The van der Waals surface area contributed by atoms with Gasteiger partial charge in [-0.15, -0.1) is 0 Å². The molecule has 140 valence electrons. The maximum absolute atomic E-state index is 12.9. The molecule has 3 N–H and O–H groups in total. The number of nitro groups is 1. The van der Waals surface area contributed by atoms with E-state index in [2.05, 4.69) is 5.32 Å². The first-order valence-corrected chi connectivity index (χ1v) is 8.19. The number of nitro benzene ring substituents is 1. The van der Waals surface area contributed by atoms with Crippen molar-refractivity contribution in [1.82, 2.24) is 0 Å². The normalized spacial score (nSPS) is 9.93. The largest absolute Gasteiger partial charge is 0.398 e. The van der Waals surface area contributed by atoms with E-state index < -0.39 is 10.7 Å². The van der Waals surface area contributed by atoms with E-state index in [1.807, 2.05) is 0 Å². The van der Waals surface area contributed by atoms with E-state index in [1.54, 1.807) is 18.2 Å². The van der Waals surface area contributed by atoms with Gasteiger partial charge in [-0.05, 0) is 42.5 Å². The third-order valence-corrected chi connectivity index (χ3v) is 3.90. The minimum Gasteiger partial charge on any atom is -0.398 e. The average Bonchev–Trinajstić information content (AvgIpc) is 2.62. The standard InChI is InChI=1S/C12H8ClFN2O2.C6H5ClFN/c13-9-7-8(14)5-6-10(9)15-11-3-1-2-4-12(11)16(17)18;7-5-3-4(8)1-2-6(5)9/h1-7,15H;1-3H,9H2. The average molecular weight is 412 g/mol. The summed E-state index contributed by atoms with van der Waals surface area (Å²) < 4.78 is 25.1. The molecule has 0 aliphatic carbocycles. The summed E-state index contributed by atoms with van der Waals surface area (Å²) in [4.78, 5) is 10.3. The number of hydrogen-bond acceptors (Lipinski definition) is 4. The number of halogens is 4. The number of hydrogen-bond donors (Lipinski definition) is 2.